The molecular formula is C16H17NO3. The lowest BCUT2D eigenvalue weighted by Gasteiger charge is -2.09. The molecule has 0 N–H and O–H groups in total. The second-order valence-electron chi connectivity index (χ2n) is 4.51. The van der Waals surface area contributed by atoms with E-state index in [1.54, 1.807) is 35.8 Å². The SMILES string of the molecule is CCOC(=O)c1ccc(Cn2c(C)cccc2=O)cc1. The average Bonchev–Trinajstić information content (AvgIpc) is 2.44. The molecule has 0 aliphatic carbocycles. The Morgan fingerprint density at radius 1 is 1.15 bits per heavy atom. The molecule has 0 aliphatic rings. The Balaban J connectivity index is 2.19. The van der Waals surface area contributed by atoms with Crippen LogP contribution in [0, 0.1) is 6.92 Å². The van der Waals surface area contributed by atoms with Gasteiger partial charge in [0.05, 0.1) is 18.7 Å². The number of carbonyl (C=O) groups is 1. The molecule has 0 atom stereocenters. The van der Waals surface area contributed by atoms with E-state index in [4.69, 9.17) is 4.74 Å². The topological polar surface area (TPSA) is 48.3 Å². The van der Waals surface area contributed by atoms with Gasteiger partial charge >= 0.3 is 5.97 Å². The van der Waals surface area contributed by atoms with Crippen molar-refractivity contribution in [2.24, 2.45) is 0 Å². The molecule has 2 rings (SSSR count). The zero-order valence-corrected chi connectivity index (χ0v) is 11.6. The highest BCUT2D eigenvalue weighted by molar-refractivity contribution is 5.89. The van der Waals surface area contributed by atoms with Gasteiger partial charge in [0.25, 0.3) is 5.56 Å². The Bertz CT molecular complexity index is 656. The molecule has 0 saturated heterocycles. The summed E-state index contributed by atoms with van der Waals surface area (Å²) in [5.74, 6) is -0.327. The van der Waals surface area contributed by atoms with Crippen molar-refractivity contribution in [3.05, 3.63) is 69.6 Å². The number of pyridine rings is 1. The summed E-state index contributed by atoms with van der Waals surface area (Å²) in [5.41, 5.74) is 2.37. The van der Waals surface area contributed by atoms with Crippen LogP contribution in [0.1, 0.15) is 28.5 Å². The third kappa shape index (κ3) is 3.15. The van der Waals surface area contributed by atoms with Crippen LogP contribution < -0.4 is 5.56 Å². The number of benzene rings is 1. The van der Waals surface area contributed by atoms with Gasteiger partial charge in [-0.25, -0.2) is 4.79 Å². The quantitative estimate of drug-likeness (QED) is 0.802. The zero-order valence-electron chi connectivity index (χ0n) is 11.6. The number of esters is 1. The van der Waals surface area contributed by atoms with Gasteiger partial charge in [0, 0.05) is 11.8 Å². The Morgan fingerprint density at radius 2 is 1.85 bits per heavy atom. The Labute approximate surface area is 117 Å². The number of aromatic nitrogens is 1. The van der Waals surface area contributed by atoms with Crippen LogP contribution in [0.25, 0.3) is 0 Å². The van der Waals surface area contributed by atoms with Crippen LogP contribution in [0.3, 0.4) is 0 Å². The molecule has 4 nitrogen and oxygen atoms in total. The first kappa shape index (κ1) is 14.1. The van der Waals surface area contributed by atoms with Crippen molar-refractivity contribution in [3.8, 4) is 0 Å². The summed E-state index contributed by atoms with van der Waals surface area (Å²) in [6, 6.07) is 12.3. The molecule has 1 aromatic heterocycles. The number of rotatable bonds is 4. The maximum atomic E-state index is 11.8. The predicted molar refractivity (Wildman–Crippen MR) is 76.9 cm³/mol. The van der Waals surface area contributed by atoms with Crippen molar-refractivity contribution in [1.29, 1.82) is 0 Å². The standard InChI is InChI=1S/C16H17NO3/c1-3-20-16(19)14-9-7-13(8-10-14)11-17-12(2)5-4-6-15(17)18/h4-10H,3,11H2,1-2H3. The fourth-order valence-corrected chi connectivity index (χ4v) is 1.97. The van der Waals surface area contributed by atoms with Crippen molar-refractivity contribution in [2.45, 2.75) is 20.4 Å². The molecule has 1 aromatic carbocycles. The second kappa shape index (κ2) is 6.19. The number of aryl methyl sites for hydroxylation is 1. The predicted octanol–water partition coefficient (Wildman–Crippen LogP) is 2.38. The smallest absolute Gasteiger partial charge is 0.338 e. The van der Waals surface area contributed by atoms with Crippen molar-refractivity contribution in [1.82, 2.24) is 4.57 Å². The lowest BCUT2D eigenvalue weighted by molar-refractivity contribution is 0.0526. The van der Waals surface area contributed by atoms with Crippen molar-refractivity contribution in [3.63, 3.8) is 0 Å². The highest BCUT2D eigenvalue weighted by Crippen LogP contribution is 2.08. The van der Waals surface area contributed by atoms with E-state index in [0.717, 1.165) is 11.3 Å². The first-order valence-electron chi connectivity index (χ1n) is 6.54. The van der Waals surface area contributed by atoms with E-state index in [-0.39, 0.29) is 11.5 Å². The second-order valence-corrected chi connectivity index (χ2v) is 4.51. The molecular weight excluding hydrogens is 254 g/mol. The minimum atomic E-state index is -0.327. The van der Waals surface area contributed by atoms with E-state index in [9.17, 15) is 9.59 Å². The highest BCUT2D eigenvalue weighted by atomic mass is 16.5. The van der Waals surface area contributed by atoms with E-state index < -0.39 is 0 Å². The number of ether oxygens (including phenoxy) is 1. The van der Waals surface area contributed by atoms with Crippen molar-refractivity contribution < 1.29 is 9.53 Å². The van der Waals surface area contributed by atoms with Crippen LogP contribution in [0.15, 0.2) is 47.3 Å². The van der Waals surface area contributed by atoms with Crippen LogP contribution in [-0.4, -0.2) is 17.1 Å². The number of carbonyl (C=O) groups excluding carboxylic acids is 1. The third-order valence-electron chi connectivity index (χ3n) is 3.07. The van der Waals surface area contributed by atoms with Crippen LogP contribution in [0.2, 0.25) is 0 Å². The molecule has 0 aliphatic heterocycles. The van der Waals surface area contributed by atoms with Gasteiger partial charge in [-0.15, -0.1) is 0 Å². The van der Waals surface area contributed by atoms with E-state index in [1.165, 1.54) is 0 Å². The summed E-state index contributed by atoms with van der Waals surface area (Å²) < 4.78 is 6.62. The number of hydrogen-bond acceptors (Lipinski definition) is 3. The Morgan fingerprint density at radius 3 is 2.45 bits per heavy atom. The average molecular weight is 271 g/mol. The molecule has 0 amide bonds. The van der Waals surface area contributed by atoms with Crippen molar-refractivity contribution >= 4 is 5.97 Å². The third-order valence-corrected chi connectivity index (χ3v) is 3.07. The van der Waals surface area contributed by atoms with Gasteiger partial charge in [-0.3, -0.25) is 4.79 Å². The zero-order chi connectivity index (χ0) is 14.5. The minimum Gasteiger partial charge on any atom is -0.462 e. The van der Waals surface area contributed by atoms with Gasteiger partial charge < -0.3 is 9.30 Å². The molecule has 0 unspecified atom stereocenters. The summed E-state index contributed by atoms with van der Waals surface area (Å²) in [5, 5.41) is 0. The first-order chi connectivity index (χ1) is 9.61. The van der Waals surface area contributed by atoms with E-state index in [2.05, 4.69) is 0 Å². The fraction of sp³-hybridized carbons (Fsp3) is 0.250. The molecule has 0 saturated carbocycles. The van der Waals surface area contributed by atoms with Crippen LogP contribution >= 0.6 is 0 Å². The maximum Gasteiger partial charge on any atom is 0.338 e. The fourth-order valence-electron chi connectivity index (χ4n) is 1.97. The summed E-state index contributed by atoms with van der Waals surface area (Å²) in [6.07, 6.45) is 0. The summed E-state index contributed by atoms with van der Waals surface area (Å²) in [4.78, 5) is 23.3. The molecule has 0 fully saturated rings. The number of nitrogens with zero attached hydrogens (tertiary/aromatic N) is 1. The lowest BCUT2D eigenvalue weighted by Crippen LogP contribution is -2.21. The maximum absolute atomic E-state index is 11.8. The molecule has 104 valence electrons. The van der Waals surface area contributed by atoms with Gasteiger partial charge in [0.1, 0.15) is 0 Å². The highest BCUT2D eigenvalue weighted by Gasteiger charge is 2.06. The monoisotopic (exact) mass is 271 g/mol. The van der Waals surface area contributed by atoms with Crippen LogP contribution in [0.4, 0.5) is 0 Å². The molecule has 0 radical (unpaired) electrons. The Kier molecular flexibility index (Phi) is 4.35. The first-order valence-corrected chi connectivity index (χ1v) is 6.54. The van der Waals surface area contributed by atoms with Crippen LogP contribution in [-0.2, 0) is 11.3 Å². The minimum absolute atomic E-state index is 0.0283. The van der Waals surface area contributed by atoms with Gasteiger partial charge in [0.15, 0.2) is 0 Å². The molecule has 2 aromatic rings. The summed E-state index contributed by atoms with van der Waals surface area (Å²) >= 11 is 0. The largest absolute Gasteiger partial charge is 0.462 e. The summed E-state index contributed by atoms with van der Waals surface area (Å²) in [6.45, 7) is 4.53. The van der Waals surface area contributed by atoms with E-state index in [1.807, 2.05) is 25.1 Å². The van der Waals surface area contributed by atoms with Gasteiger partial charge in [-0.1, -0.05) is 18.2 Å². The lowest BCUT2D eigenvalue weighted by atomic mass is 10.1. The van der Waals surface area contributed by atoms with Gasteiger partial charge in [-0.05, 0) is 37.6 Å². The summed E-state index contributed by atoms with van der Waals surface area (Å²) in [7, 11) is 0. The molecule has 4 heteroatoms. The molecule has 0 bridgehead atoms. The van der Waals surface area contributed by atoms with Gasteiger partial charge in [-0.2, -0.15) is 0 Å². The normalized spacial score (nSPS) is 10.3. The van der Waals surface area contributed by atoms with Crippen molar-refractivity contribution in [2.75, 3.05) is 6.61 Å². The van der Waals surface area contributed by atoms with E-state index in [0.29, 0.717) is 18.7 Å². The molecule has 20 heavy (non-hydrogen) atoms. The van der Waals surface area contributed by atoms with Gasteiger partial charge in [0.2, 0.25) is 0 Å². The van der Waals surface area contributed by atoms with Crippen LogP contribution in [0.5, 0.6) is 0 Å². The Hall–Kier alpha value is -2.36. The number of hydrogen-bond donors (Lipinski definition) is 0. The molecule has 1 heterocycles. The molecule has 0 spiro atoms. The van der Waals surface area contributed by atoms with E-state index >= 15 is 0 Å².